The first kappa shape index (κ1) is 10.8. The average molecular weight is 204 g/mol. The molecule has 0 heterocycles. The lowest BCUT2D eigenvalue weighted by Gasteiger charge is -2.25. The van der Waals surface area contributed by atoms with Crippen molar-refractivity contribution in [1.82, 2.24) is 0 Å². The summed E-state index contributed by atoms with van der Waals surface area (Å²) in [4.78, 5) is 9.58. The molecule has 1 aliphatic rings. The highest BCUT2D eigenvalue weighted by molar-refractivity contribution is 7.53. The van der Waals surface area contributed by atoms with Crippen LogP contribution < -0.4 is 0 Å². The second-order valence-electron chi connectivity index (χ2n) is 3.65. The van der Waals surface area contributed by atoms with Crippen LogP contribution in [0.3, 0.4) is 0 Å². The van der Waals surface area contributed by atoms with Crippen LogP contribution in [-0.4, -0.2) is 10.6 Å². The molecular weight excluding hydrogens is 187 g/mol. The van der Waals surface area contributed by atoms with Gasteiger partial charge in [0.05, 0.1) is 11.4 Å². The van der Waals surface area contributed by atoms with Crippen molar-refractivity contribution in [3.8, 4) is 0 Å². The van der Waals surface area contributed by atoms with Crippen molar-refractivity contribution in [2.24, 2.45) is 0 Å². The molecule has 0 aliphatic heterocycles. The summed E-state index contributed by atoms with van der Waals surface area (Å²) in [6.45, 7) is 5.08. The van der Waals surface area contributed by atoms with Crippen molar-refractivity contribution >= 4 is 7.60 Å². The third-order valence-electron chi connectivity index (χ3n) is 2.32. The molecule has 0 aromatic rings. The Balaban J connectivity index is 2.56. The summed E-state index contributed by atoms with van der Waals surface area (Å²) >= 11 is 0. The number of hydrogen-bond acceptors (Lipinski definition) is 2. The standard InChI is InChI=1S/C9H17O3P/c1-8(2)12-13(10,11)9-6-4-3-5-7-9/h9H,1,3-7H2,2H3,(H,10,11). The van der Waals surface area contributed by atoms with Gasteiger partial charge >= 0.3 is 7.60 Å². The average Bonchev–Trinajstić information content (AvgIpc) is 2.04. The second-order valence-corrected chi connectivity index (χ2v) is 5.69. The quantitative estimate of drug-likeness (QED) is 0.567. The van der Waals surface area contributed by atoms with Gasteiger partial charge in [-0.25, -0.2) is 4.57 Å². The van der Waals surface area contributed by atoms with Gasteiger partial charge in [-0.2, -0.15) is 0 Å². The Morgan fingerprint density at radius 2 is 2.00 bits per heavy atom. The predicted octanol–water partition coefficient (Wildman–Crippen LogP) is 3.05. The summed E-state index contributed by atoms with van der Waals surface area (Å²) in [7, 11) is -3.42. The summed E-state index contributed by atoms with van der Waals surface area (Å²) in [6, 6.07) is 0. The number of hydrogen-bond donors (Lipinski definition) is 1. The number of allylic oxidation sites excluding steroid dienone is 1. The second kappa shape index (κ2) is 4.30. The highest BCUT2D eigenvalue weighted by atomic mass is 31.2. The fourth-order valence-electron chi connectivity index (χ4n) is 1.71. The van der Waals surface area contributed by atoms with E-state index in [2.05, 4.69) is 6.58 Å². The van der Waals surface area contributed by atoms with Gasteiger partial charge in [0.15, 0.2) is 0 Å². The highest BCUT2D eigenvalue weighted by Crippen LogP contribution is 2.54. The van der Waals surface area contributed by atoms with E-state index in [9.17, 15) is 9.46 Å². The molecule has 1 aliphatic carbocycles. The van der Waals surface area contributed by atoms with E-state index in [0.717, 1.165) is 25.7 Å². The maximum absolute atomic E-state index is 11.7. The zero-order valence-corrected chi connectivity index (χ0v) is 8.93. The third kappa shape index (κ3) is 3.17. The van der Waals surface area contributed by atoms with Crippen LogP contribution in [0.4, 0.5) is 0 Å². The molecule has 0 aromatic heterocycles. The highest BCUT2D eigenvalue weighted by Gasteiger charge is 2.34. The molecule has 1 unspecified atom stereocenters. The molecule has 0 amide bonds. The lowest BCUT2D eigenvalue weighted by molar-refractivity contribution is 0.299. The molecule has 0 aromatic carbocycles. The van der Waals surface area contributed by atoms with Crippen LogP contribution in [0.1, 0.15) is 39.0 Å². The normalized spacial score (nSPS) is 23.5. The molecule has 13 heavy (non-hydrogen) atoms. The molecule has 1 fully saturated rings. The van der Waals surface area contributed by atoms with Gasteiger partial charge in [-0.1, -0.05) is 25.8 Å². The van der Waals surface area contributed by atoms with Gasteiger partial charge in [0, 0.05) is 0 Å². The van der Waals surface area contributed by atoms with Crippen LogP contribution in [0.5, 0.6) is 0 Å². The van der Waals surface area contributed by atoms with E-state index in [1.165, 1.54) is 6.42 Å². The minimum absolute atomic E-state index is 0.169. The molecule has 0 bridgehead atoms. The van der Waals surface area contributed by atoms with E-state index in [4.69, 9.17) is 4.52 Å². The Morgan fingerprint density at radius 1 is 1.46 bits per heavy atom. The van der Waals surface area contributed by atoms with E-state index in [1.807, 2.05) is 0 Å². The maximum atomic E-state index is 11.7. The van der Waals surface area contributed by atoms with Crippen molar-refractivity contribution in [1.29, 1.82) is 0 Å². The molecule has 1 saturated carbocycles. The van der Waals surface area contributed by atoms with E-state index in [1.54, 1.807) is 6.92 Å². The first-order valence-corrected chi connectivity index (χ1v) is 6.34. The first-order chi connectivity index (χ1) is 6.02. The smallest absolute Gasteiger partial charge is 0.379 e. The predicted molar refractivity (Wildman–Crippen MR) is 52.6 cm³/mol. The molecular formula is C9H17O3P. The van der Waals surface area contributed by atoms with Gasteiger partial charge in [0.2, 0.25) is 0 Å². The summed E-state index contributed by atoms with van der Waals surface area (Å²) in [5.41, 5.74) is -0.169. The molecule has 3 nitrogen and oxygen atoms in total. The van der Waals surface area contributed by atoms with Crippen LogP contribution in [0.25, 0.3) is 0 Å². The summed E-state index contributed by atoms with van der Waals surface area (Å²) in [5, 5.41) is 0. The maximum Gasteiger partial charge on any atom is 0.379 e. The largest absolute Gasteiger partial charge is 0.430 e. The molecule has 0 spiro atoms. The lowest BCUT2D eigenvalue weighted by Crippen LogP contribution is -2.14. The molecule has 1 atom stereocenters. The van der Waals surface area contributed by atoms with E-state index >= 15 is 0 Å². The Labute approximate surface area is 79.3 Å². The Bertz CT molecular complexity index is 231. The van der Waals surface area contributed by atoms with Gasteiger partial charge in [-0.05, 0) is 19.8 Å². The summed E-state index contributed by atoms with van der Waals surface area (Å²) in [5.74, 6) is 0.330. The van der Waals surface area contributed by atoms with Gasteiger partial charge in [0.25, 0.3) is 0 Å². The molecule has 76 valence electrons. The topological polar surface area (TPSA) is 46.5 Å². The summed E-state index contributed by atoms with van der Waals surface area (Å²) < 4.78 is 16.5. The van der Waals surface area contributed by atoms with Gasteiger partial charge in [0.1, 0.15) is 0 Å². The Kier molecular flexibility index (Phi) is 3.57. The van der Waals surface area contributed by atoms with Gasteiger partial charge in [-0.3, -0.25) is 0 Å². The summed E-state index contributed by atoms with van der Waals surface area (Å²) in [6.07, 6.45) is 4.86. The molecule has 1 N–H and O–H groups in total. The minimum Gasteiger partial charge on any atom is -0.430 e. The van der Waals surface area contributed by atoms with E-state index in [-0.39, 0.29) is 5.66 Å². The Hall–Kier alpha value is -0.270. The van der Waals surface area contributed by atoms with E-state index in [0.29, 0.717) is 5.76 Å². The van der Waals surface area contributed by atoms with Crippen molar-refractivity contribution < 1.29 is 14.0 Å². The van der Waals surface area contributed by atoms with E-state index < -0.39 is 7.60 Å². The molecule has 0 radical (unpaired) electrons. The van der Waals surface area contributed by atoms with Crippen LogP contribution in [0, 0.1) is 0 Å². The molecule has 1 rings (SSSR count). The molecule has 4 heteroatoms. The fraction of sp³-hybridized carbons (Fsp3) is 0.778. The van der Waals surface area contributed by atoms with Crippen molar-refractivity contribution in [2.75, 3.05) is 0 Å². The van der Waals surface area contributed by atoms with Crippen LogP contribution in [0.2, 0.25) is 0 Å². The zero-order chi connectivity index (χ0) is 9.90. The van der Waals surface area contributed by atoms with Crippen LogP contribution in [-0.2, 0) is 9.09 Å². The lowest BCUT2D eigenvalue weighted by atomic mass is 10.0. The van der Waals surface area contributed by atoms with Crippen LogP contribution >= 0.6 is 7.60 Å². The van der Waals surface area contributed by atoms with Gasteiger partial charge < -0.3 is 9.42 Å². The molecule has 0 saturated heterocycles. The Morgan fingerprint density at radius 3 is 2.46 bits per heavy atom. The van der Waals surface area contributed by atoms with Crippen molar-refractivity contribution in [2.45, 2.75) is 44.7 Å². The zero-order valence-electron chi connectivity index (χ0n) is 8.03. The van der Waals surface area contributed by atoms with Gasteiger partial charge in [-0.15, -0.1) is 0 Å². The number of rotatable bonds is 3. The first-order valence-electron chi connectivity index (χ1n) is 4.70. The van der Waals surface area contributed by atoms with Crippen LogP contribution in [0.15, 0.2) is 12.3 Å². The fourth-order valence-corrected chi connectivity index (χ4v) is 3.32. The van der Waals surface area contributed by atoms with Crippen molar-refractivity contribution in [3.63, 3.8) is 0 Å². The minimum atomic E-state index is -3.42. The van der Waals surface area contributed by atoms with Crippen molar-refractivity contribution in [3.05, 3.63) is 12.3 Å². The SMILES string of the molecule is C=C(C)OP(=O)(O)C1CCCCC1. The third-order valence-corrected chi connectivity index (χ3v) is 4.34. The monoisotopic (exact) mass is 204 g/mol.